The first-order chi connectivity index (χ1) is 6.25. The summed E-state index contributed by atoms with van der Waals surface area (Å²) in [5, 5.41) is 3.44. The smallest absolute Gasteiger partial charge is 0.0342 e. The van der Waals surface area contributed by atoms with Crippen molar-refractivity contribution in [3.8, 4) is 0 Å². The van der Waals surface area contributed by atoms with Gasteiger partial charge in [-0.3, -0.25) is 0 Å². The molecular weight excluding hydrogens is 160 g/mol. The highest BCUT2D eigenvalue weighted by Crippen LogP contribution is 2.25. The topological polar surface area (TPSA) is 38.0 Å². The molecule has 1 fully saturated rings. The third-order valence-electron chi connectivity index (χ3n) is 2.38. The highest BCUT2D eigenvalue weighted by molar-refractivity contribution is 5.46. The van der Waals surface area contributed by atoms with E-state index >= 15 is 0 Å². The molecule has 0 saturated heterocycles. The van der Waals surface area contributed by atoms with Crippen LogP contribution >= 0.6 is 0 Å². The Balaban J connectivity index is 2.04. The Hall–Kier alpha value is -1.02. The van der Waals surface area contributed by atoms with Gasteiger partial charge >= 0.3 is 0 Å². The Labute approximate surface area is 79.1 Å². The molecule has 1 saturated carbocycles. The lowest BCUT2D eigenvalue weighted by Gasteiger charge is -2.08. The van der Waals surface area contributed by atoms with E-state index in [4.69, 9.17) is 5.73 Å². The van der Waals surface area contributed by atoms with Gasteiger partial charge in [-0.2, -0.15) is 0 Å². The Morgan fingerprint density at radius 1 is 1.31 bits per heavy atom. The minimum absolute atomic E-state index is 0.134. The summed E-state index contributed by atoms with van der Waals surface area (Å²) >= 11 is 0. The quantitative estimate of drug-likeness (QED) is 0.741. The summed E-state index contributed by atoms with van der Waals surface area (Å²) in [5.41, 5.74) is 8.17. The summed E-state index contributed by atoms with van der Waals surface area (Å²) in [4.78, 5) is 0. The molecule has 13 heavy (non-hydrogen) atoms. The number of nitrogens with two attached hydrogens (primary N) is 1. The largest absolute Gasteiger partial charge is 0.382 e. The Bertz CT molecular complexity index is 273. The molecule has 1 aromatic carbocycles. The molecule has 2 rings (SSSR count). The first kappa shape index (κ1) is 8.57. The third kappa shape index (κ3) is 2.22. The van der Waals surface area contributed by atoms with Gasteiger partial charge in [-0.05, 0) is 37.5 Å². The predicted octanol–water partition coefficient (Wildman–Crippen LogP) is 2.28. The molecule has 0 heterocycles. The van der Waals surface area contributed by atoms with Crippen molar-refractivity contribution in [2.24, 2.45) is 5.73 Å². The molecule has 2 nitrogen and oxygen atoms in total. The molecule has 0 aliphatic heterocycles. The van der Waals surface area contributed by atoms with Gasteiger partial charge in [0.15, 0.2) is 0 Å². The van der Waals surface area contributed by atoms with Gasteiger partial charge in [-0.15, -0.1) is 0 Å². The molecule has 0 aromatic heterocycles. The molecule has 0 radical (unpaired) electrons. The van der Waals surface area contributed by atoms with E-state index in [0.717, 1.165) is 6.04 Å². The van der Waals surface area contributed by atoms with E-state index in [2.05, 4.69) is 29.6 Å². The number of nitrogens with one attached hydrogen (secondary N) is 1. The zero-order chi connectivity index (χ0) is 9.26. The van der Waals surface area contributed by atoms with Crippen LogP contribution in [0.15, 0.2) is 24.3 Å². The minimum atomic E-state index is 0.134. The van der Waals surface area contributed by atoms with Gasteiger partial charge in [0.25, 0.3) is 0 Å². The summed E-state index contributed by atoms with van der Waals surface area (Å²) in [7, 11) is 0. The average molecular weight is 176 g/mol. The predicted molar refractivity (Wildman–Crippen MR) is 55.7 cm³/mol. The Morgan fingerprint density at radius 2 is 1.92 bits per heavy atom. The molecule has 1 unspecified atom stereocenters. The van der Waals surface area contributed by atoms with Gasteiger partial charge in [-0.25, -0.2) is 0 Å². The SMILES string of the molecule is CC(N)c1ccc(NC2CC2)cc1. The van der Waals surface area contributed by atoms with Gasteiger partial charge in [0.05, 0.1) is 0 Å². The van der Waals surface area contributed by atoms with Crippen molar-refractivity contribution < 1.29 is 0 Å². The van der Waals surface area contributed by atoms with Gasteiger partial charge < -0.3 is 11.1 Å². The van der Waals surface area contributed by atoms with Gasteiger partial charge in [0.2, 0.25) is 0 Å². The molecule has 0 spiro atoms. The van der Waals surface area contributed by atoms with Gasteiger partial charge in [0.1, 0.15) is 0 Å². The maximum absolute atomic E-state index is 5.76. The van der Waals surface area contributed by atoms with Crippen molar-refractivity contribution in [2.45, 2.75) is 31.8 Å². The van der Waals surface area contributed by atoms with Crippen molar-refractivity contribution in [3.63, 3.8) is 0 Å². The van der Waals surface area contributed by atoms with Gasteiger partial charge in [0, 0.05) is 17.8 Å². The van der Waals surface area contributed by atoms with E-state index < -0.39 is 0 Å². The van der Waals surface area contributed by atoms with Crippen molar-refractivity contribution in [2.75, 3.05) is 5.32 Å². The summed E-state index contributed by atoms with van der Waals surface area (Å²) in [6.45, 7) is 2.00. The lowest BCUT2D eigenvalue weighted by molar-refractivity contribution is 0.818. The average Bonchev–Trinajstić information content (AvgIpc) is 2.89. The van der Waals surface area contributed by atoms with E-state index in [0.29, 0.717) is 0 Å². The molecule has 1 aliphatic rings. The minimum Gasteiger partial charge on any atom is -0.382 e. The van der Waals surface area contributed by atoms with Crippen LogP contribution in [0.25, 0.3) is 0 Å². The van der Waals surface area contributed by atoms with E-state index in [9.17, 15) is 0 Å². The molecule has 2 heteroatoms. The van der Waals surface area contributed by atoms with Crippen LogP contribution in [0, 0.1) is 0 Å². The van der Waals surface area contributed by atoms with Gasteiger partial charge in [-0.1, -0.05) is 12.1 Å². The number of hydrogen-bond donors (Lipinski definition) is 2. The fourth-order valence-electron chi connectivity index (χ4n) is 1.35. The lowest BCUT2D eigenvalue weighted by atomic mass is 10.1. The van der Waals surface area contributed by atoms with E-state index in [1.165, 1.54) is 24.1 Å². The van der Waals surface area contributed by atoms with Crippen LogP contribution in [-0.2, 0) is 0 Å². The highest BCUT2D eigenvalue weighted by atomic mass is 14.9. The van der Waals surface area contributed by atoms with Crippen LogP contribution in [0.2, 0.25) is 0 Å². The monoisotopic (exact) mass is 176 g/mol. The number of benzene rings is 1. The summed E-state index contributed by atoms with van der Waals surface area (Å²) in [6.07, 6.45) is 2.63. The number of rotatable bonds is 3. The lowest BCUT2D eigenvalue weighted by Crippen LogP contribution is -2.05. The summed E-state index contributed by atoms with van der Waals surface area (Å²) in [5.74, 6) is 0. The Kier molecular flexibility index (Phi) is 2.23. The van der Waals surface area contributed by atoms with Crippen molar-refractivity contribution in [1.82, 2.24) is 0 Å². The van der Waals surface area contributed by atoms with Crippen LogP contribution in [0.5, 0.6) is 0 Å². The van der Waals surface area contributed by atoms with Crippen molar-refractivity contribution in [3.05, 3.63) is 29.8 Å². The highest BCUT2D eigenvalue weighted by Gasteiger charge is 2.20. The van der Waals surface area contributed by atoms with Crippen LogP contribution < -0.4 is 11.1 Å². The third-order valence-corrected chi connectivity index (χ3v) is 2.38. The van der Waals surface area contributed by atoms with Crippen LogP contribution in [0.4, 0.5) is 5.69 Å². The maximum Gasteiger partial charge on any atom is 0.0342 e. The first-order valence-corrected chi connectivity index (χ1v) is 4.88. The molecule has 1 aliphatic carbocycles. The number of anilines is 1. The van der Waals surface area contributed by atoms with Crippen molar-refractivity contribution in [1.29, 1.82) is 0 Å². The second-order valence-electron chi connectivity index (χ2n) is 3.83. The number of hydrogen-bond acceptors (Lipinski definition) is 2. The molecule has 1 aromatic rings. The molecule has 0 bridgehead atoms. The second-order valence-corrected chi connectivity index (χ2v) is 3.83. The molecule has 70 valence electrons. The zero-order valence-electron chi connectivity index (χ0n) is 7.96. The first-order valence-electron chi connectivity index (χ1n) is 4.88. The molecular formula is C11H16N2. The normalized spacial score (nSPS) is 18.3. The fraction of sp³-hybridized carbons (Fsp3) is 0.455. The molecule has 0 amide bonds. The van der Waals surface area contributed by atoms with E-state index in [1.807, 2.05) is 6.92 Å². The van der Waals surface area contributed by atoms with Crippen LogP contribution in [-0.4, -0.2) is 6.04 Å². The van der Waals surface area contributed by atoms with E-state index in [1.54, 1.807) is 0 Å². The second kappa shape index (κ2) is 3.38. The summed E-state index contributed by atoms with van der Waals surface area (Å²) in [6, 6.07) is 9.26. The molecule has 3 N–H and O–H groups in total. The van der Waals surface area contributed by atoms with Crippen molar-refractivity contribution >= 4 is 5.69 Å². The van der Waals surface area contributed by atoms with Crippen LogP contribution in [0.3, 0.4) is 0 Å². The molecule has 1 atom stereocenters. The Morgan fingerprint density at radius 3 is 2.38 bits per heavy atom. The summed E-state index contributed by atoms with van der Waals surface area (Å²) < 4.78 is 0. The zero-order valence-corrected chi connectivity index (χ0v) is 7.96. The van der Waals surface area contributed by atoms with E-state index in [-0.39, 0.29) is 6.04 Å². The fourth-order valence-corrected chi connectivity index (χ4v) is 1.35. The van der Waals surface area contributed by atoms with Crippen LogP contribution in [0.1, 0.15) is 31.4 Å². The maximum atomic E-state index is 5.76. The standard InChI is InChI=1S/C11H16N2/c1-8(12)9-2-4-10(5-3-9)13-11-6-7-11/h2-5,8,11,13H,6-7,12H2,1H3.